The standard InChI is InChI=1S/C14H18N2S/c1-3-10(2)9-16-7-6-11-8-12(14(15)17)4-5-13(11)16/h4-8,10H,3,9H2,1-2H3,(H2,15,17). The first-order valence-corrected chi connectivity index (χ1v) is 6.41. The summed E-state index contributed by atoms with van der Waals surface area (Å²) in [6, 6.07) is 8.29. The van der Waals surface area contributed by atoms with Crippen LogP contribution in [0.4, 0.5) is 0 Å². The van der Waals surface area contributed by atoms with E-state index in [0.29, 0.717) is 10.9 Å². The SMILES string of the molecule is CCC(C)Cn1ccc2cc(C(N)=S)ccc21. The van der Waals surface area contributed by atoms with Crippen molar-refractivity contribution in [3.05, 3.63) is 36.0 Å². The summed E-state index contributed by atoms with van der Waals surface area (Å²) in [4.78, 5) is 0.460. The van der Waals surface area contributed by atoms with Crippen LogP contribution >= 0.6 is 12.2 Å². The molecular formula is C14H18N2S. The number of aromatic nitrogens is 1. The number of thiocarbonyl (C=S) groups is 1. The first-order valence-electron chi connectivity index (χ1n) is 6.00. The lowest BCUT2D eigenvalue weighted by Gasteiger charge is -2.11. The zero-order valence-corrected chi connectivity index (χ0v) is 11.1. The molecule has 0 fully saturated rings. The molecule has 0 aliphatic carbocycles. The van der Waals surface area contributed by atoms with E-state index < -0.39 is 0 Å². The lowest BCUT2D eigenvalue weighted by atomic mass is 10.1. The van der Waals surface area contributed by atoms with Crippen molar-refractivity contribution in [2.75, 3.05) is 0 Å². The summed E-state index contributed by atoms with van der Waals surface area (Å²) in [6.45, 7) is 5.56. The average Bonchev–Trinajstić information content (AvgIpc) is 2.71. The van der Waals surface area contributed by atoms with Crippen LogP contribution in [0.15, 0.2) is 30.5 Å². The quantitative estimate of drug-likeness (QED) is 0.839. The van der Waals surface area contributed by atoms with Crippen LogP contribution in [0.25, 0.3) is 10.9 Å². The van der Waals surface area contributed by atoms with Crippen LogP contribution in [-0.2, 0) is 6.54 Å². The number of nitrogens with two attached hydrogens (primary N) is 1. The molecule has 3 heteroatoms. The Hall–Kier alpha value is -1.35. The van der Waals surface area contributed by atoms with Crippen molar-refractivity contribution < 1.29 is 0 Å². The summed E-state index contributed by atoms with van der Waals surface area (Å²) in [5.41, 5.74) is 7.83. The molecule has 1 atom stereocenters. The second-order valence-corrected chi connectivity index (χ2v) is 5.06. The molecule has 2 nitrogen and oxygen atoms in total. The summed E-state index contributed by atoms with van der Waals surface area (Å²) in [5, 5.41) is 1.21. The normalized spacial score (nSPS) is 12.8. The molecule has 0 amide bonds. The van der Waals surface area contributed by atoms with Gasteiger partial charge in [-0.1, -0.05) is 32.5 Å². The fourth-order valence-corrected chi connectivity index (χ4v) is 2.10. The van der Waals surface area contributed by atoms with E-state index in [1.807, 2.05) is 6.07 Å². The molecule has 2 aromatic rings. The van der Waals surface area contributed by atoms with Crippen LogP contribution in [0.3, 0.4) is 0 Å². The molecule has 2 N–H and O–H groups in total. The largest absolute Gasteiger partial charge is 0.389 e. The molecule has 0 aliphatic heterocycles. The van der Waals surface area contributed by atoms with E-state index >= 15 is 0 Å². The third kappa shape index (κ3) is 2.50. The Morgan fingerprint density at radius 2 is 2.18 bits per heavy atom. The van der Waals surface area contributed by atoms with Crippen molar-refractivity contribution in [1.82, 2.24) is 4.57 Å². The minimum absolute atomic E-state index is 0.460. The van der Waals surface area contributed by atoms with Crippen molar-refractivity contribution >= 4 is 28.1 Å². The molecule has 0 radical (unpaired) electrons. The molecule has 17 heavy (non-hydrogen) atoms. The Morgan fingerprint density at radius 1 is 1.41 bits per heavy atom. The Balaban J connectivity index is 2.38. The van der Waals surface area contributed by atoms with Gasteiger partial charge in [0.15, 0.2) is 0 Å². The molecule has 1 unspecified atom stereocenters. The maximum atomic E-state index is 5.64. The van der Waals surface area contributed by atoms with E-state index in [-0.39, 0.29) is 0 Å². The highest BCUT2D eigenvalue weighted by Crippen LogP contribution is 2.19. The van der Waals surface area contributed by atoms with E-state index in [2.05, 4.69) is 42.8 Å². The molecule has 1 aromatic heterocycles. The van der Waals surface area contributed by atoms with Gasteiger partial charge in [0.25, 0.3) is 0 Å². The van der Waals surface area contributed by atoms with Gasteiger partial charge in [-0.05, 0) is 30.2 Å². The van der Waals surface area contributed by atoms with E-state index in [4.69, 9.17) is 18.0 Å². The molecule has 2 rings (SSSR count). The van der Waals surface area contributed by atoms with Crippen LogP contribution in [-0.4, -0.2) is 9.56 Å². The van der Waals surface area contributed by atoms with Crippen molar-refractivity contribution in [1.29, 1.82) is 0 Å². The van der Waals surface area contributed by atoms with Gasteiger partial charge < -0.3 is 10.3 Å². The van der Waals surface area contributed by atoms with E-state index in [0.717, 1.165) is 12.1 Å². The highest BCUT2D eigenvalue weighted by Gasteiger charge is 2.06. The number of benzene rings is 1. The second-order valence-electron chi connectivity index (χ2n) is 4.62. The van der Waals surface area contributed by atoms with Crippen LogP contribution < -0.4 is 5.73 Å². The summed E-state index contributed by atoms with van der Waals surface area (Å²) in [6.07, 6.45) is 3.34. The average molecular weight is 246 g/mol. The summed E-state index contributed by atoms with van der Waals surface area (Å²) < 4.78 is 2.30. The Kier molecular flexibility index (Phi) is 3.48. The van der Waals surface area contributed by atoms with Gasteiger partial charge in [-0.25, -0.2) is 0 Å². The van der Waals surface area contributed by atoms with E-state index in [9.17, 15) is 0 Å². The van der Waals surface area contributed by atoms with Gasteiger partial charge in [-0.3, -0.25) is 0 Å². The smallest absolute Gasteiger partial charge is 0.104 e. The van der Waals surface area contributed by atoms with Gasteiger partial charge in [0.2, 0.25) is 0 Å². The van der Waals surface area contributed by atoms with Crippen LogP contribution in [0.1, 0.15) is 25.8 Å². The number of fused-ring (bicyclic) bond motifs is 1. The van der Waals surface area contributed by atoms with Gasteiger partial charge in [0, 0.05) is 29.2 Å². The molecule has 1 heterocycles. The second kappa shape index (κ2) is 4.88. The first-order chi connectivity index (χ1) is 8.11. The number of hydrogen-bond donors (Lipinski definition) is 1. The molecule has 0 aliphatic rings. The first kappa shape index (κ1) is 12.1. The summed E-state index contributed by atoms with van der Waals surface area (Å²) in [5.74, 6) is 0.695. The highest BCUT2D eigenvalue weighted by molar-refractivity contribution is 7.80. The van der Waals surface area contributed by atoms with Crippen molar-refractivity contribution in [3.8, 4) is 0 Å². The molecule has 1 aromatic carbocycles. The Bertz CT molecular complexity index is 542. The molecule has 90 valence electrons. The monoisotopic (exact) mass is 246 g/mol. The van der Waals surface area contributed by atoms with Crippen LogP contribution in [0.2, 0.25) is 0 Å². The van der Waals surface area contributed by atoms with Crippen LogP contribution in [0.5, 0.6) is 0 Å². The minimum atomic E-state index is 0.460. The lowest BCUT2D eigenvalue weighted by molar-refractivity contribution is 0.477. The fourth-order valence-electron chi connectivity index (χ4n) is 1.98. The lowest BCUT2D eigenvalue weighted by Crippen LogP contribution is -2.09. The zero-order chi connectivity index (χ0) is 12.4. The highest BCUT2D eigenvalue weighted by atomic mass is 32.1. The Labute approximate surface area is 107 Å². The van der Waals surface area contributed by atoms with E-state index in [1.165, 1.54) is 17.3 Å². The Morgan fingerprint density at radius 3 is 2.82 bits per heavy atom. The van der Waals surface area contributed by atoms with Crippen molar-refractivity contribution in [2.24, 2.45) is 11.7 Å². The maximum absolute atomic E-state index is 5.64. The molecule has 0 spiro atoms. The van der Waals surface area contributed by atoms with Gasteiger partial charge >= 0.3 is 0 Å². The maximum Gasteiger partial charge on any atom is 0.104 e. The van der Waals surface area contributed by atoms with Gasteiger partial charge in [-0.15, -0.1) is 0 Å². The predicted molar refractivity (Wildman–Crippen MR) is 77.3 cm³/mol. The number of rotatable bonds is 4. The van der Waals surface area contributed by atoms with Gasteiger partial charge in [0.1, 0.15) is 4.99 Å². The molecule has 0 bridgehead atoms. The summed E-state index contributed by atoms with van der Waals surface area (Å²) in [7, 11) is 0. The third-order valence-corrected chi connectivity index (χ3v) is 3.50. The number of hydrogen-bond acceptors (Lipinski definition) is 1. The predicted octanol–water partition coefficient (Wildman–Crippen LogP) is 3.32. The molecular weight excluding hydrogens is 228 g/mol. The van der Waals surface area contributed by atoms with Crippen molar-refractivity contribution in [3.63, 3.8) is 0 Å². The van der Waals surface area contributed by atoms with Crippen LogP contribution in [0, 0.1) is 5.92 Å². The minimum Gasteiger partial charge on any atom is -0.389 e. The summed E-state index contributed by atoms with van der Waals surface area (Å²) >= 11 is 4.99. The third-order valence-electron chi connectivity index (χ3n) is 3.26. The fraction of sp³-hybridized carbons (Fsp3) is 0.357. The topological polar surface area (TPSA) is 30.9 Å². The molecule has 0 saturated carbocycles. The van der Waals surface area contributed by atoms with Gasteiger partial charge in [0.05, 0.1) is 0 Å². The molecule has 0 saturated heterocycles. The zero-order valence-electron chi connectivity index (χ0n) is 10.3. The van der Waals surface area contributed by atoms with Gasteiger partial charge in [-0.2, -0.15) is 0 Å². The number of nitrogens with zero attached hydrogens (tertiary/aromatic N) is 1. The van der Waals surface area contributed by atoms with Crippen molar-refractivity contribution in [2.45, 2.75) is 26.8 Å². The van der Waals surface area contributed by atoms with E-state index in [1.54, 1.807) is 0 Å².